The Balaban J connectivity index is 1.99. The van der Waals surface area contributed by atoms with Gasteiger partial charge in [-0.1, -0.05) is 36.3 Å². The van der Waals surface area contributed by atoms with Crippen molar-refractivity contribution in [3.05, 3.63) is 64.1 Å². The number of carbonyl (C=O) groups excluding carboxylic acids is 1. The zero-order valence-electron chi connectivity index (χ0n) is 11.5. The van der Waals surface area contributed by atoms with Gasteiger partial charge in [-0.15, -0.1) is 0 Å². The number of hydrogen-bond acceptors (Lipinski definition) is 2. The molecular weight excluding hydrogens is 330 g/mol. The first-order chi connectivity index (χ1) is 10.2. The maximum absolute atomic E-state index is 11.7. The normalized spacial score (nSPS) is 9.43. The first kappa shape index (κ1) is 15.1. The second-order valence-corrected chi connectivity index (χ2v) is 5.09. The summed E-state index contributed by atoms with van der Waals surface area (Å²) in [6.07, 6.45) is 0. The molecule has 0 atom stereocenters. The second kappa shape index (κ2) is 7.51. The van der Waals surface area contributed by atoms with E-state index in [0.29, 0.717) is 12.3 Å². The Labute approximate surface area is 132 Å². The minimum Gasteiger partial charge on any atom is -0.495 e. The number of amides is 1. The van der Waals surface area contributed by atoms with Gasteiger partial charge in [-0.3, -0.25) is 4.79 Å². The van der Waals surface area contributed by atoms with Crippen LogP contribution in [-0.2, 0) is 11.3 Å². The number of hydrogen-bond donors (Lipinski definition) is 1. The molecule has 21 heavy (non-hydrogen) atoms. The molecule has 0 unspecified atom stereocenters. The standard InChI is InChI=1S/C17H14BrNO2/c1-21-17-14(8-5-9-15(17)18)12-19-16(20)11-10-13-6-3-2-4-7-13/h2-9H,12H2,1H3,(H,19,20). The maximum Gasteiger partial charge on any atom is 0.296 e. The number of para-hydroxylation sites is 1. The summed E-state index contributed by atoms with van der Waals surface area (Å²) >= 11 is 3.41. The molecule has 4 heteroatoms. The number of carbonyl (C=O) groups is 1. The smallest absolute Gasteiger partial charge is 0.296 e. The third-order valence-electron chi connectivity index (χ3n) is 2.79. The Morgan fingerprint density at radius 3 is 2.67 bits per heavy atom. The molecule has 0 spiro atoms. The Bertz CT molecular complexity index is 687. The summed E-state index contributed by atoms with van der Waals surface area (Å²) in [5, 5.41) is 2.76. The summed E-state index contributed by atoms with van der Waals surface area (Å²) in [7, 11) is 1.60. The highest BCUT2D eigenvalue weighted by atomic mass is 79.9. The number of ether oxygens (including phenoxy) is 1. The van der Waals surface area contributed by atoms with Crippen LogP contribution in [0.25, 0.3) is 0 Å². The van der Waals surface area contributed by atoms with E-state index >= 15 is 0 Å². The van der Waals surface area contributed by atoms with Crippen molar-refractivity contribution < 1.29 is 9.53 Å². The molecule has 2 rings (SSSR count). The van der Waals surface area contributed by atoms with Crippen molar-refractivity contribution in [2.24, 2.45) is 0 Å². The zero-order chi connectivity index (χ0) is 15.1. The lowest BCUT2D eigenvalue weighted by Gasteiger charge is -2.09. The molecule has 0 radical (unpaired) electrons. The predicted octanol–water partition coefficient (Wildman–Crippen LogP) is 3.13. The number of benzene rings is 2. The van der Waals surface area contributed by atoms with Gasteiger partial charge in [0, 0.05) is 23.6 Å². The van der Waals surface area contributed by atoms with E-state index in [1.165, 1.54) is 0 Å². The summed E-state index contributed by atoms with van der Waals surface area (Å²) in [6.45, 7) is 0.366. The van der Waals surface area contributed by atoms with E-state index in [4.69, 9.17) is 4.74 Å². The maximum atomic E-state index is 11.7. The lowest BCUT2D eigenvalue weighted by Crippen LogP contribution is -2.21. The highest BCUT2D eigenvalue weighted by Gasteiger charge is 2.07. The monoisotopic (exact) mass is 343 g/mol. The van der Waals surface area contributed by atoms with E-state index in [2.05, 4.69) is 33.1 Å². The van der Waals surface area contributed by atoms with Crippen LogP contribution in [0.15, 0.2) is 53.0 Å². The second-order valence-electron chi connectivity index (χ2n) is 4.23. The summed E-state index contributed by atoms with van der Waals surface area (Å²) in [5.74, 6) is 5.78. The molecule has 0 saturated carbocycles. The molecule has 0 saturated heterocycles. The summed E-state index contributed by atoms with van der Waals surface area (Å²) in [4.78, 5) is 11.7. The Morgan fingerprint density at radius 2 is 1.95 bits per heavy atom. The molecule has 106 valence electrons. The van der Waals surface area contributed by atoms with Gasteiger partial charge >= 0.3 is 0 Å². The Morgan fingerprint density at radius 1 is 1.19 bits per heavy atom. The van der Waals surface area contributed by atoms with Gasteiger partial charge < -0.3 is 10.1 Å². The molecule has 0 aliphatic heterocycles. The van der Waals surface area contributed by atoms with Crippen molar-refractivity contribution in [2.45, 2.75) is 6.54 Å². The first-order valence-corrected chi connectivity index (χ1v) is 7.16. The van der Waals surface area contributed by atoms with Crippen LogP contribution in [0, 0.1) is 11.8 Å². The van der Waals surface area contributed by atoms with Crippen molar-refractivity contribution in [1.82, 2.24) is 5.32 Å². The fraction of sp³-hybridized carbons (Fsp3) is 0.118. The highest BCUT2D eigenvalue weighted by Crippen LogP contribution is 2.28. The third-order valence-corrected chi connectivity index (χ3v) is 3.41. The van der Waals surface area contributed by atoms with Gasteiger partial charge in [0.2, 0.25) is 0 Å². The average Bonchev–Trinajstić information content (AvgIpc) is 2.52. The van der Waals surface area contributed by atoms with E-state index in [0.717, 1.165) is 15.6 Å². The van der Waals surface area contributed by atoms with Crippen LogP contribution in [0.5, 0.6) is 5.75 Å². The molecule has 2 aromatic carbocycles. The minimum absolute atomic E-state index is 0.319. The van der Waals surface area contributed by atoms with E-state index < -0.39 is 0 Å². The molecule has 0 heterocycles. The van der Waals surface area contributed by atoms with Crippen LogP contribution < -0.4 is 10.1 Å². The van der Waals surface area contributed by atoms with Crippen molar-refractivity contribution >= 4 is 21.8 Å². The van der Waals surface area contributed by atoms with Crippen LogP contribution in [0.3, 0.4) is 0 Å². The highest BCUT2D eigenvalue weighted by molar-refractivity contribution is 9.10. The molecule has 0 fully saturated rings. The fourth-order valence-electron chi connectivity index (χ4n) is 1.79. The quantitative estimate of drug-likeness (QED) is 0.869. The summed E-state index contributed by atoms with van der Waals surface area (Å²) in [5.41, 5.74) is 1.70. The molecule has 0 aliphatic rings. The van der Waals surface area contributed by atoms with E-state index in [-0.39, 0.29) is 5.91 Å². The van der Waals surface area contributed by atoms with Gasteiger partial charge in [0.1, 0.15) is 5.75 Å². The SMILES string of the molecule is COc1c(Br)cccc1CNC(=O)C#Cc1ccccc1. The Hall–Kier alpha value is -2.25. The van der Waals surface area contributed by atoms with Crippen LogP contribution in [0.1, 0.15) is 11.1 Å². The largest absolute Gasteiger partial charge is 0.495 e. The van der Waals surface area contributed by atoms with Crippen LogP contribution >= 0.6 is 15.9 Å². The third kappa shape index (κ3) is 4.37. The molecule has 0 aliphatic carbocycles. The number of methoxy groups -OCH3 is 1. The number of rotatable bonds is 3. The number of halogens is 1. The molecule has 0 bridgehead atoms. The van der Waals surface area contributed by atoms with Crippen molar-refractivity contribution in [3.63, 3.8) is 0 Å². The van der Waals surface area contributed by atoms with Crippen molar-refractivity contribution in [3.8, 4) is 17.6 Å². The molecule has 0 aromatic heterocycles. The average molecular weight is 344 g/mol. The molecule has 2 aromatic rings. The topological polar surface area (TPSA) is 38.3 Å². The van der Waals surface area contributed by atoms with Gasteiger partial charge in [0.15, 0.2) is 0 Å². The van der Waals surface area contributed by atoms with Gasteiger partial charge in [0.05, 0.1) is 11.6 Å². The van der Waals surface area contributed by atoms with Gasteiger partial charge in [0.25, 0.3) is 5.91 Å². The first-order valence-electron chi connectivity index (χ1n) is 6.37. The van der Waals surface area contributed by atoms with Crippen molar-refractivity contribution in [2.75, 3.05) is 7.11 Å². The lowest BCUT2D eigenvalue weighted by molar-refractivity contribution is -0.115. The van der Waals surface area contributed by atoms with Gasteiger partial charge in [-0.05, 0) is 34.1 Å². The Kier molecular flexibility index (Phi) is 5.42. The minimum atomic E-state index is -0.319. The van der Waals surface area contributed by atoms with Crippen LogP contribution in [0.4, 0.5) is 0 Å². The predicted molar refractivity (Wildman–Crippen MR) is 85.9 cm³/mol. The van der Waals surface area contributed by atoms with Crippen LogP contribution in [0.2, 0.25) is 0 Å². The van der Waals surface area contributed by atoms with Gasteiger partial charge in [-0.2, -0.15) is 0 Å². The van der Waals surface area contributed by atoms with Crippen LogP contribution in [-0.4, -0.2) is 13.0 Å². The fourth-order valence-corrected chi connectivity index (χ4v) is 2.36. The molecule has 1 amide bonds. The van der Waals surface area contributed by atoms with Gasteiger partial charge in [-0.25, -0.2) is 0 Å². The number of nitrogens with one attached hydrogen (secondary N) is 1. The van der Waals surface area contributed by atoms with E-state index in [1.807, 2.05) is 48.5 Å². The summed E-state index contributed by atoms with van der Waals surface area (Å²) < 4.78 is 6.16. The lowest BCUT2D eigenvalue weighted by atomic mass is 10.2. The zero-order valence-corrected chi connectivity index (χ0v) is 13.1. The van der Waals surface area contributed by atoms with Crippen molar-refractivity contribution in [1.29, 1.82) is 0 Å². The molecule has 3 nitrogen and oxygen atoms in total. The molecule has 1 N–H and O–H groups in total. The van der Waals surface area contributed by atoms with E-state index in [1.54, 1.807) is 7.11 Å². The molecular formula is C17H14BrNO2. The van der Waals surface area contributed by atoms with E-state index in [9.17, 15) is 4.79 Å². The summed E-state index contributed by atoms with van der Waals surface area (Å²) in [6, 6.07) is 15.1.